The van der Waals surface area contributed by atoms with Crippen LogP contribution in [0.15, 0.2) is 23.0 Å². The first-order valence-corrected chi connectivity index (χ1v) is 11.6. The van der Waals surface area contributed by atoms with Crippen LogP contribution in [0.4, 0.5) is 0 Å². The highest BCUT2D eigenvalue weighted by atomic mass is 32.1. The van der Waals surface area contributed by atoms with E-state index in [-0.39, 0.29) is 5.56 Å². The molecule has 2 N–H and O–H groups in total. The van der Waals surface area contributed by atoms with Crippen LogP contribution in [0.2, 0.25) is 0 Å². The third-order valence-corrected chi connectivity index (χ3v) is 6.68. The highest BCUT2D eigenvalue weighted by Crippen LogP contribution is 2.21. The zero-order valence-electron chi connectivity index (χ0n) is 19.0. The summed E-state index contributed by atoms with van der Waals surface area (Å²) < 4.78 is 0. The van der Waals surface area contributed by atoms with Crippen LogP contribution in [0.25, 0.3) is 10.9 Å². The molecule has 1 saturated heterocycles. The van der Waals surface area contributed by atoms with Crippen LogP contribution in [0.3, 0.4) is 0 Å². The maximum Gasteiger partial charge on any atom is 0.253 e. The molecular weight excluding hydrogens is 392 g/mol. The number of pyridine rings is 1. The highest BCUT2D eigenvalue weighted by molar-refractivity contribution is 7.80. The van der Waals surface area contributed by atoms with Gasteiger partial charge in [0.1, 0.15) is 0 Å². The minimum absolute atomic E-state index is 0.0216. The molecule has 1 atom stereocenters. The van der Waals surface area contributed by atoms with Gasteiger partial charge in [-0.05, 0) is 80.5 Å². The van der Waals surface area contributed by atoms with Crippen molar-refractivity contribution in [2.24, 2.45) is 5.92 Å². The van der Waals surface area contributed by atoms with E-state index in [1.165, 1.54) is 18.4 Å². The summed E-state index contributed by atoms with van der Waals surface area (Å²) in [4.78, 5) is 20.8. The van der Waals surface area contributed by atoms with E-state index in [9.17, 15) is 4.79 Å². The maximum atomic E-state index is 12.9. The lowest BCUT2D eigenvalue weighted by Gasteiger charge is -2.32. The molecule has 3 rings (SSSR count). The Morgan fingerprint density at radius 3 is 2.83 bits per heavy atom. The monoisotopic (exact) mass is 428 g/mol. The Hall–Kier alpha value is -1.92. The number of nitrogens with zero attached hydrogens (tertiary/aromatic N) is 2. The van der Waals surface area contributed by atoms with Gasteiger partial charge in [-0.3, -0.25) is 9.69 Å². The summed E-state index contributed by atoms with van der Waals surface area (Å²) in [6, 6.07) is 6.72. The lowest BCUT2D eigenvalue weighted by atomic mass is 10.0. The predicted octanol–water partition coefficient (Wildman–Crippen LogP) is 3.96. The molecule has 2 heterocycles. The Labute approximate surface area is 185 Å². The van der Waals surface area contributed by atoms with E-state index in [1.807, 2.05) is 6.07 Å². The quantitative estimate of drug-likeness (QED) is 0.654. The second kappa shape index (κ2) is 9.92. The molecule has 1 aromatic heterocycles. The van der Waals surface area contributed by atoms with Crippen LogP contribution in [-0.2, 0) is 6.54 Å². The van der Waals surface area contributed by atoms with Crippen molar-refractivity contribution < 1.29 is 0 Å². The number of aromatic nitrogens is 1. The SMILES string of the molecule is CCN1CCCC1CN(Cc1cc2ccc(C)c(C)c2[nH]c1=O)C(=S)NCC(C)C. The summed E-state index contributed by atoms with van der Waals surface area (Å²) >= 11 is 5.76. The third kappa shape index (κ3) is 5.22. The number of hydrogen-bond donors (Lipinski definition) is 2. The Morgan fingerprint density at radius 1 is 1.37 bits per heavy atom. The van der Waals surface area contributed by atoms with E-state index < -0.39 is 0 Å². The van der Waals surface area contributed by atoms with Crippen LogP contribution >= 0.6 is 12.2 Å². The summed E-state index contributed by atoms with van der Waals surface area (Å²) in [5, 5.41) is 5.22. The summed E-state index contributed by atoms with van der Waals surface area (Å²) in [5.41, 5.74) is 4.00. The van der Waals surface area contributed by atoms with Crippen LogP contribution < -0.4 is 10.9 Å². The summed E-state index contributed by atoms with van der Waals surface area (Å²) in [6.45, 7) is 15.1. The van der Waals surface area contributed by atoms with Gasteiger partial charge in [0, 0.05) is 24.7 Å². The number of likely N-dealkylation sites (N-methyl/N-ethyl adjacent to an activating group) is 1. The average molecular weight is 429 g/mol. The van der Waals surface area contributed by atoms with Gasteiger partial charge in [0.2, 0.25) is 0 Å². The lowest BCUT2D eigenvalue weighted by molar-refractivity contribution is 0.219. The van der Waals surface area contributed by atoms with E-state index in [1.54, 1.807) is 0 Å². The molecule has 0 amide bonds. The average Bonchev–Trinajstić information content (AvgIpc) is 3.16. The second-order valence-electron chi connectivity index (χ2n) is 8.98. The molecule has 164 valence electrons. The molecule has 1 aromatic carbocycles. The molecule has 1 aliphatic heterocycles. The van der Waals surface area contributed by atoms with E-state index in [4.69, 9.17) is 12.2 Å². The van der Waals surface area contributed by atoms with Crippen molar-refractivity contribution in [3.8, 4) is 0 Å². The molecule has 6 heteroatoms. The molecule has 1 fully saturated rings. The van der Waals surface area contributed by atoms with E-state index in [2.05, 4.69) is 66.9 Å². The first-order valence-electron chi connectivity index (χ1n) is 11.2. The van der Waals surface area contributed by atoms with Crippen molar-refractivity contribution in [2.45, 2.75) is 60.0 Å². The van der Waals surface area contributed by atoms with Crippen LogP contribution in [0, 0.1) is 19.8 Å². The van der Waals surface area contributed by atoms with Gasteiger partial charge in [0.25, 0.3) is 5.56 Å². The van der Waals surface area contributed by atoms with Crippen molar-refractivity contribution in [2.75, 3.05) is 26.2 Å². The normalized spacial score (nSPS) is 17.1. The number of benzene rings is 1. The first kappa shape index (κ1) is 22.8. The zero-order chi connectivity index (χ0) is 21.8. The minimum atomic E-state index is -0.0216. The van der Waals surface area contributed by atoms with Gasteiger partial charge < -0.3 is 15.2 Å². The van der Waals surface area contributed by atoms with Crippen LogP contribution in [0.5, 0.6) is 0 Å². The smallest absolute Gasteiger partial charge is 0.253 e. The lowest BCUT2D eigenvalue weighted by Crippen LogP contribution is -2.47. The molecule has 0 bridgehead atoms. The topological polar surface area (TPSA) is 51.4 Å². The molecule has 30 heavy (non-hydrogen) atoms. The Kier molecular flexibility index (Phi) is 7.53. The number of nitrogens with one attached hydrogen (secondary N) is 2. The van der Waals surface area contributed by atoms with Crippen molar-refractivity contribution >= 4 is 28.2 Å². The minimum Gasteiger partial charge on any atom is -0.362 e. The molecule has 0 aliphatic carbocycles. The number of hydrogen-bond acceptors (Lipinski definition) is 3. The molecule has 1 aliphatic rings. The Morgan fingerprint density at radius 2 is 2.13 bits per heavy atom. The van der Waals surface area contributed by atoms with Crippen molar-refractivity contribution in [1.82, 2.24) is 20.1 Å². The standard InChI is InChI=1S/C24H36N4OS/c1-6-27-11-7-8-21(27)15-28(24(30)25-13-16(2)3)14-20-12-19-10-9-17(4)18(5)22(19)26-23(20)29/h9-10,12,16,21H,6-8,11,13-15H2,1-5H3,(H,25,30)(H,26,29). The largest absolute Gasteiger partial charge is 0.362 e. The van der Waals surface area contributed by atoms with E-state index in [0.29, 0.717) is 18.5 Å². The maximum absolute atomic E-state index is 12.9. The van der Waals surface area contributed by atoms with Crippen molar-refractivity contribution in [1.29, 1.82) is 0 Å². The molecule has 5 nitrogen and oxygen atoms in total. The summed E-state index contributed by atoms with van der Waals surface area (Å²) in [7, 11) is 0. The summed E-state index contributed by atoms with van der Waals surface area (Å²) in [6.07, 6.45) is 2.41. The predicted molar refractivity (Wildman–Crippen MR) is 130 cm³/mol. The van der Waals surface area contributed by atoms with Crippen LogP contribution in [0.1, 0.15) is 50.3 Å². The van der Waals surface area contributed by atoms with Crippen LogP contribution in [-0.4, -0.2) is 52.1 Å². The highest BCUT2D eigenvalue weighted by Gasteiger charge is 2.26. The van der Waals surface area contributed by atoms with E-state index in [0.717, 1.165) is 53.3 Å². The molecule has 0 radical (unpaired) electrons. The van der Waals surface area contributed by atoms with Gasteiger partial charge in [-0.1, -0.05) is 32.9 Å². The number of aryl methyl sites for hydroxylation is 2. The number of thiocarbonyl (C=S) groups is 1. The molecule has 1 unspecified atom stereocenters. The molecular formula is C24H36N4OS. The van der Waals surface area contributed by atoms with Gasteiger partial charge in [-0.2, -0.15) is 0 Å². The number of likely N-dealkylation sites (tertiary alicyclic amines) is 1. The van der Waals surface area contributed by atoms with Gasteiger partial charge >= 0.3 is 0 Å². The fraction of sp³-hybridized carbons (Fsp3) is 0.583. The number of rotatable bonds is 7. The molecule has 0 saturated carbocycles. The van der Waals surface area contributed by atoms with Gasteiger partial charge in [0.05, 0.1) is 12.1 Å². The third-order valence-electron chi connectivity index (χ3n) is 6.27. The van der Waals surface area contributed by atoms with Crippen molar-refractivity contribution in [3.63, 3.8) is 0 Å². The van der Waals surface area contributed by atoms with Gasteiger partial charge in [-0.15, -0.1) is 0 Å². The molecule has 0 spiro atoms. The Bertz CT molecular complexity index is 952. The summed E-state index contributed by atoms with van der Waals surface area (Å²) in [5.74, 6) is 0.513. The van der Waals surface area contributed by atoms with E-state index >= 15 is 0 Å². The zero-order valence-corrected chi connectivity index (χ0v) is 19.9. The van der Waals surface area contributed by atoms with Crippen molar-refractivity contribution in [3.05, 3.63) is 45.2 Å². The number of fused-ring (bicyclic) bond motifs is 1. The first-order chi connectivity index (χ1) is 14.3. The fourth-order valence-electron chi connectivity index (χ4n) is 4.29. The fourth-order valence-corrected chi connectivity index (χ4v) is 4.51. The second-order valence-corrected chi connectivity index (χ2v) is 9.37. The van der Waals surface area contributed by atoms with Gasteiger partial charge in [0.15, 0.2) is 5.11 Å². The number of aromatic amines is 1. The molecule has 2 aromatic rings. The van der Waals surface area contributed by atoms with Gasteiger partial charge in [-0.25, -0.2) is 0 Å². The number of H-pyrrole nitrogens is 1. The Balaban J connectivity index is 1.87.